The van der Waals surface area contributed by atoms with Gasteiger partial charge in [-0.1, -0.05) is 11.6 Å². The molecule has 1 aliphatic rings. The fourth-order valence-electron chi connectivity index (χ4n) is 1.85. The lowest BCUT2D eigenvalue weighted by molar-refractivity contribution is 0.0877. The van der Waals surface area contributed by atoms with Crippen molar-refractivity contribution >= 4 is 17.4 Å². The van der Waals surface area contributed by atoms with Gasteiger partial charge >= 0.3 is 0 Å². The van der Waals surface area contributed by atoms with Crippen LogP contribution in [0.3, 0.4) is 0 Å². The van der Waals surface area contributed by atoms with Crippen LogP contribution in [0.2, 0.25) is 5.02 Å². The highest BCUT2D eigenvalue weighted by atomic mass is 35.5. The van der Waals surface area contributed by atoms with E-state index in [2.05, 4.69) is 0 Å². The van der Waals surface area contributed by atoms with Gasteiger partial charge in [-0.15, -0.1) is 0 Å². The number of hydrogen-bond donors (Lipinski definition) is 0. The van der Waals surface area contributed by atoms with Crippen molar-refractivity contribution in [2.45, 2.75) is 19.4 Å². The fourth-order valence-corrected chi connectivity index (χ4v) is 1.98. The molecule has 2 unspecified atom stereocenters. The van der Waals surface area contributed by atoms with Crippen LogP contribution in [-0.4, -0.2) is 18.5 Å². The van der Waals surface area contributed by atoms with Gasteiger partial charge < -0.3 is 4.74 Å². The predicted molar refractivity (Wildman–Crippen MR) is 59.3 cm³/mol. The molecular weight excluding hydrogens is 212 g/mol. The maximum atomic E-state index is 12.0. The second kappa shape index (κ2) is 4.33. The van der Waals surface area contributed by atoms with Crippen LogP contribution in [0, 0.1) is 5.92 Å². The van der Waals surface area contributed by atoms with E-state index in [0.717, 1.165) is 12.0 Å². The molecule has 2 rings (SSSR count). The smallest absolute Gasteiger partial charge is 0.168 e. The standard InChI is InChI=1S/C12H13ClO2/c1-8-6-10(7-15-8)12(14)9-2-4-11(13)5-3-9/h2-5,8,10H,6-7H2,1H3. The van der Waals surface area contributed by atoms with Crippen molar-refractivity contribution in [2.24, 2.45) is 5.92 Å². The van der Waals surface area contributed by atoms with Crippen molar-refractivity contribution in [3.05, 3.63) is 34.9 Å². The van der Waals surface area contributed by atoms with Crippen LogP contribution in [0.15, 0.2) is 24.3 Å². The van der Waals surface area contributed by atoms with Crippen molar-refractivity contribution in [3.8, 4) is 0 Å². The van der Waals surface area contributed by atoms with Gasteiger partial charge in [0.15, 0.2) is 5.78 Å². The number of benzene rings is 1. The first-order chi connectivity index (χ1) is 7.16. The van der Waals surface area contributed by atoms with Crippen molar-refractivity contribution in [1.29, 1.82) is 0 Å². The molecule has 0 bridgehead atoms. The number of halogens is 1. The Morgan fingerprint density at radius 2 is 2.07 bits per heavy atom. The van der Waals surface area contributed by atoms with Crippen molar-refractivity contribution < 1.29 is 9.53 Å². The summed E-state index contributed by atoms with van der Waals surface area (Å²) in [6, 6.07) is 7.03. The number of rotatable bonds is 2. The van der Waals surface area contributed by atoms with Gasteiger partial charge in [0.25, 0.3) is 0 Å². The summed E-state index contributed by atoms with van der Waals surface area (Å²) < 4.78 is 5.38. The molecule has 1 fully saturated rings. The first kappa shape index (κ1) is 10.7. The molecule has 2 atom stereocenters. The Labute approximate surface area is 94.2 Å². The molecule has 1 aromatic carbocycles. The van der Waals surface area contributed by atoms with Crippen LogP contribution in [0.25, 0.3) is 0 Å². The van der Waals surface area contributed by atoms with Gasteiger partial charge in [0.1, 0.15) is 0 Å². The molecular formula is C12H13ClO2. The third-order valence-electron chi connectivity index (χ3n) is 2.70. The van der Waals surface area contributed by atoms with E-state index in [0.29, 0.717) is 11.6 Å². The van der Waals surface area contributed by atoms with Gasteiger partial charge in [0, 0.05) is 16.5 Å². The van der Waals surface area contributed by atoms with E-state index in [1.165, 1.54) is 0 Å². The fraction of sp³-hybridized carbons (Fsp3) is 0.417. The first-order valence-corrected chi connectivity index (χ1v) is 5.46. The minimum atomic E-state index is 0.0150. The van der Waals surface area contributed by atoms with Gasteiger partial charge in [-0.2, -0.15) is 0 Å². The summed E-state index contributed by atoms with van der Waals surface area (Å²) in [5.74, 6) is 0.178. The van der Waals surface area contributed by atoms with Gasteiger partial charge in [-0.05, 0) is 37.6 Å². The molecule has 0 aliphatic carbocycles. The van der Waals surface area contributed by atoms with E-state index in [1.807, 2.05) is 6.92 Å². The van der Waals surface area contributed by atoms with E-state index < -0.39 is 0 Å². The zero-order chi connectivity index (χ0) is 10.8. The highest BCUT2D eigenvalue weighted by Crippen LogP contribution is 2.23. The molecule has 0 N–H and O–H groups in total. The number of ketones is 1. The zero-order valence-electron chi connectivity index (χ0n) is 8.57. The summed E-state index contributed by atoms with van der Waals surface area (Å²) in [6.07, 6.45) is 1.02. The molecule has 15 heavy (non-hydrogen) atoms. The molecule has 0 saturated carbocycles. The Bertz CT molecular complexity index is 358. The number of carbonyl (C=O) groups is 1. The van der Waals surface area contributed by atoms with E-state index in [9.17, 15) is 4.79 Å². The van der Waals surface area contributed by atoms with Crippen LogP contribution < -0.4 is 0 Å². The number of carbonyl (C=O) groups excluding carboxylic acids is 1. The summed E-state index contributed by atoms with van der Waals surface area (Å²) >= 11 is 5.76. The maximum Gasteiger partial charge on any atom is 0.168 e. The molecule has 0 radical (unpaired) electrons. The Morgan fingerprint density at radius 3 is 2.60 bits per heavy atom. The minimum absolute atomic E-state index is 0.0150. The topological polar surface area (TPSA) is 26.3 Å². The van der Waals surface area contributed by atoms with Gasteiger partial charge in [-0.3, -0.25) is 4.79 Å². The predicted octanol–water partition coefficient (Wildman–Crippen LogP) is 2.95. The highest BCUT2D eigenvalue weighted by Gasteiger charge is 2.28. The molecule has 0 spiro atoms. The van der Waals surface area contributed by atoms with E-state index in [4.69, 9.17) is 16.3 Å². The Balaban J connectivity index is 2.11. The van der Waals surface area contributed by atoms with Crippen LogP contribution in [0.5, 0.6) is 0 Å². The third-order valence-corrected chi connectivity index (χ3v) is 2.95. The molecule has 1 aliphatic heterocycles. The number of ether oxygens (including phenoxy) is 1. The summed E-state index contributed by atoms with van der Waals surface area (Å²) in [7, 11) is 0. The molecule has 1 heterocycles. The lowest BCUT2D eigenvalue weighted by Crippen LogP contribution is -2.14. The van der Waals surface area contributed by atoms with Crippen molar-refractivity contribution in [1.82, 2.24) is 0 Å². The maximum absolute atomic E-state index is 12.0. The van der Waals surface area contributed by atoms with Crippen LogP contribution in [0.4, 0.5) is 0 Å². The third kappa shape index (κ3) is 2.39. The monoisotopic (exact) mass is 224 g/mol. The lowest BCUT2D eigenvalue weighted by Gasteiger charge is -2.06. The Hall–Kier alpha value is -0.860. The average Bonchev–Trinajstić information content (AvgIpc) is 2.65. The molecule has 3 heteroatoms. The zero-order valence-corrected chi connectivity index (χ0v) is 9.33. The summed E-state index contributed by atoms with van der Waals surface area (Å²) in [4.78, 5) is 12.0. The molecule has 0 amide bonds. The van der Waals surface area contributed by atoms with E-state index in [-0.39, 0.29) is 17.8 Å². The summed E-state index contributed by atoms with van der Waals surface area (Å²) in [5.41, 5.74) is 0.724. The quantitative estimate of drug-likeness (QED) is 0.722. The number of Topliss-reactive ketones (excluding diaryl/α,β-unsaturated/α-hetero) is 1. The molecule has 1 aromatic rings. The molecule has 80 valence electrons. The van der Waals surface area contributed by atoms with E-state index in [1.54, 1.807) is 24.3 Å². The largest absolute Gasteiger partial charge is 0.378 e. The molecule has 2 nitrogen and oxygen atoms in total. The molecule has 1 saturated heterocycles. The Kier molecular flexibility index (Phi) is 3.08. The van der Waals surface area contributed by atoms with Gasteiger partial charge in [-0.25, -0.2) is 0 Å². The lowest BCUT2D eigenvalue weighted by atomic mass is 9.95. The van der Waals surface area contributed by atoms with Gasteiger partial charge in [0.05, 0.1) is 12.7 Å². The summed E-state index contributed by atoms with van der Waals surface area (Å²) in [5, 5.41) is 0.655. The van der Waals surface area contributed by atoms with Crippen molar-refractivity contribution in [2.75, 3.05) is 6.61 Å². The van der Waals surface area contributed by atoms with Crippen LogP contribution in [-0.2, 0) is 4.74 Å². The normalized spacial score (nSPS) is 25.5. The summed E-state index contributed by atoms with van der Waals surface area (Å²) in [6.45, 7) is 2.54. The minimum Gasteiger partial charge on any atom is -0.378 e. The van der Waals surface area contributed by atoms with Crippen molar-refractivity contribution in [3.63, 3.8) is 0 Å². The second-order valence-corrected chi connectivity index (χ2v) is 4.38. The van der Waals surface area contributed by atoms with E-state index >= 15 is 0 Å². The van der Waals surface area contributed by atoms with Crippen LogP contribution in [0.1, 0.15) is 23.7 Å². The number of hydrogen-bond acceptors (Lipinski definition) is 2. The van der Waals surface area contributed by atoms with Gasteiger partial charge in [0.2, 0.25) is 0 Å². The Morgan fingerprint density at radius 1 is 1.40 bits per heavy atom. The van der Waals surface area contributed by atoms with Crippen LogP contribution >= 0.6 is 11.6 Å². The highest BCUT2D eigenvalue weighted by molar-refractivity contribution is 6.30. The SMILES string of the molecule is CC1CC(C(=O)c2ccc(Cl)cc2)CO1. The average molecular weight is 225 g/mol. The second-order valence-electron chi connectivity index (χ2n) is 3.95. The molecule has 0 aromatic heterocycles. The first-order valence-electron chi connectivity index (χ1n) is 5.08.